The average Bonchev–Trinajstić information content (AvgIpc) is 1.57. The Morgan fingerprint density at radius 1 is 0.429 bits per heavy atom. The maximum atomic E-state index is 13.1. The molecule has 31 heteroatoms. The smallest absolute Gasteiger partial charge is 0.405 e. The lowest BCUT2D eigenvalue weighted by atomic mass is 9.49. The molecule has 0 atom stereocenters. The van der Waals surface area contributed by atoms with Crippen molar-refractivity contribution < 1.29 is 53.5 Å². The highest BCUT2D eigenvalue weighted by Crippen LogP contribution is 2.43. The maximum Gasteiger partial charge on any atom is 0.494 e. The number of hydrogen-bond acceptors (Lipinski definition) is 15. The van der Waals surface area contributed by atoms with Gasteiger partial charge in [-0.05, 0) is 213 Å². The summed E-state index contributed by atoms with van der Waals surface area (Å²) in [5.74, 6) is -1.06. The number of benzene rings is 5. The molecular formula is C67H68B3Br2Cl2F2N7O13S2. The molecule has 3 fully saturated rings. The number of aromatic amines is 3. The van der Waals surface area contributed by atoms with E-state index in [1.165, 1.54) is 42.7 Å². The third-order valence-electron chi connectivity index (χ3n) is 17.3. The van der Waals surface area contributed by atoms with Crippen LogP contribution in [0.25, 0.3) is 43.8 Å². The first-order chi connectivity index (χ1) is 45.7. The largest absolute Gasteiger partial charge is 0.494 e. The van der Waals surface area contributed by atoms with Gasteiger partial charge >= 0.3 is 21.1 Å². The first-order valence-corrected chi connectivity index (χ1v) is 35.6. The number of sulfonamides is 2. The number of pyridine rings is 5. The van der Waals surface area contributed by atoms with Crippen LogP contribution in [0.4, 0.5) is 20.2 Å². The van der Waals surface area contributed by atoms with Crippen molar-refractivity contribution in [3.8, 4) is 11.1 Å². The fourth-order valence-electron chi connectivity index (χ4n) is 9.61. The van der Waals surface area contributed by atoms with Crippen LogP contribution in [-0.2, 0) is 48.0 Å². The van der Waals surface area contributed by atoms with Crippen LogP contribution in [0.1, 0.15) is 83.1 Å². The molecular weight excluding hydrogens is 1480 g/mol. The highest BCUT2D eigenvalue weighted by atomic mass is 79.9. The molecule has 512 valence electrons. The number of fused-ring (bicyclic) bond motifs is 3. The zero-order valence-electron chi connectivity index (χ0n) is 55.1. The molecule has 10 aromatic rings. The van der Waals surface area contributed by atoms with Gasteiger partial charge in [-0.1, -0.05) is 51.3 Å². The number of rotatable bonds is 9. The molecule has 0 radical (unpaired) electrons. The van der Waals surface area contributed by atoms with Crippen LogP contribution in [-0.4, -0.2) is 96.5 Å². The third kappa shape index (κ3) is 17.4. The Kier molecular flexibility index (Phi) is 22.4. The number of hydrogen-bond donors (Lipinski definition) is 5. The Morgan fingerprint density at radius 2 is 0.796 bits per heavy atom. The normalized spacial score (nSPS) is 16.9. The molecule has 0 bridgehead atoms. The Balaban J connectivity index is 0.000000147. The van der Waals surface area contributed by atoms with E-state index in [1.54, 1.807) is 36.8 Å². The van der Waals surface area contributed by atoms with Crippen molar-refractivity contribution in [2.24, 2.45) is 0 Å². The first-order valence-electron chi connectivity index (χ1n) is 30.3. The van der Waals surface area contributed by atoms with Gasteiger partial charge in [-0.15, -0.1) is 0 Å². The molecule has 3 saturated heterocycles. The number of halogens is 6. The highest BCUT2D eigenvalue weighted by Gasteiger charge is 2.64. The summed E-state index contributed by atoms with van der Waals surface area (Å²) in [6.07, 6.45) is 7.79. The minimum atomic E-state index is -3.99. The van der Waals surface area contributed by atoms with Gasteiger partial charge in [-0.3, -0.25) is 23.8 Å². The van der Waals surface area contributed by atoms with Crippen LogP contribution in [0.3, 0.4) is 0 Å². The van der Waals surface area contributed by atoms with Crippen molar-refractivity contribution >= 4 is 146 Å². The van der Waals surface area contributed by atoms with Crippen molar-refractivity contribution in [2.45, 2.75) is 126 Å². The second-order valence-corrected chi connectivity index (χ2v) is 31.7. The van der Waals surface area contributed by atoms with E-state index in [1.807, 2.05) is 119 Å². The van der Waals surface area contributed by atoms with E-state index in [0.29, 0.717) is 37.3 Å². The third-order valence-corrected chi connectivity index (χ3v) is 21.6. The Morgan fingerprint density at radius 3 is 1.23 bits per heavy atom. The van der Waals surface area contributed by atoms with Gasteiger partial charge in [-0.25, -0.2) is 35.6 Å². The molecule has 0 saturated carbocycles. The summed E-state index contributed by atoms with van der Waals surface area (Å²) >= 11 is 18.3. The molecule has 0 unspecified atom stereocenters. The summed E-state index contributed by atoms with van der Waals surface area (Å²) < 4.78 is 117. The number of H-pyrrole nitrogens is 3. The van der Waals surface area contributed by atoms with E-state index in [2.05, 4.69) is 66.2 Å². The highest BCUT2D eigenvalue weighted by molar-refractivity contribution is 9.10. The standard InChI is InChI=1S/C20H13ClFN3O3S.C15H18BNO3.C12H24B2O4.C11H7BrClFN2O2S.C9H6BrNO/c21-20-18(25-29(27,28)15-4-2-14(22)3-5-15)10-13(11-24-20)12-1-6-17-16(9-12)19(26)7-8-23-17;1-14(2)15(3,4)20-16(19-14)10-5-6-12-11(9-10)13(18)7-8-17-12;1-9(2)10(3,4)16-13(15-9)14-17-11(5,6)12(7,8)18-14;12-7-5-10(11(13)15-6-7)16-19(17,18)9-3-1-8(14)2-4-9;10-6-1-2-8-7(5-6)9(12)3-4-11-8/h1-11,25H,(H,23,26);5-9H,1-4H3,(H,17,18);1-8H3;1-6,16H;1-5H,(H,11,12). The average molecular weight is 1540 g/mol. The van der Waals surface area contributed by atoms with E-state index in [4.69, 9.17) is 51.1 Å². The zero-order chi connectivity index (χ0) is 71.7. The second kappa shape index (κ2) is 29.2. The van der Waals surface area contributed by atoms with Gasteiger partial charge in [-0.2, -0.15) is 0 Å². The number of aromatic nitrogens is 5. The van der Waals surface area contributed by atoms with Gasteiger partial charge in [0.25, 0.3) is 20.0 Å². The van der Waals surface area contributed by atoms with Crippen molar-refractivity contribution in [1.82, 2.24) is 24.9 Å². The predicted octanol–water partition coefficient (Wildman–Crippen LogP) is 14.0. The van der Waals surface area contributed by atoms with Crippen LogP contribution in [0.15, 0.2) is 198 Å². The van der Waals surface area contributed by atoms with Crippen LogP contribution < -0.4 is 31.2 Å². The number of nitrogens with zero attached hydrogens (tertiary/aromatic N) is 2. The molecule has 5 aromatic heterocycles. The molecule has 98 heavy (non-hydrogen) atoms. The topological polar surface area (TPSA) is 272 Å². The first kappa shape index (κ1) is 75.1. The van der Waals surface area contributed by atoms with E-state index in [9.17, 15) is 40.0 Å². The molecule has 3 aliphatic heterocycles. The molecule has 20 nitrogen and oxygen atoms in total. The van der Waals surface area contributed by atoms with Crippen molar-refractivity contribution in [3.63, 3.8) is 0 Å². The van der Waals surface area contributed by atoms with Gasteiger partial charge in [0.1, 0.15) is 11.6 Å². The maximum absolute atomic E-state index is 13.1. The van der Waals surface area contributed by atoms with Crippen LogP contribution >= 0.6 is 55.1 Å². The molecule has 3 aliphatic rings. The fraction of sp³-hybridized carbons (Fsp3) is 0.269. The second-order valence-electron chi connectivity index (χ2n) is 25.8. The van der Waals surface area contributed by atoms with Crippen LogP contribution in [0.5, 0.6) is 0 Å². The quantitative estimate of drug-likeness (QED) is 0.0664. The number of nitrogens with one attached hydrogen (secondary N) is 5. The van der Waals surface area contributed by atoms with Crippen molar-refractivity contribution in [2.75, 3.05) is 9.44 Å². The van der Waals surface area contributed by atoms with Gasteiger partial charge in [0.15, 0.2) is 26.6 Å². The summed E-state index contributed by atoms with van der Waals surface area (Å²) in [5, 5.41) is 1.84. The van der Waals surface area contributed by atoms with Gasteiger partial charge < -0.3 is 42.9 Å². The van der Waals surface area contributed by atoms with Gasteiger partial charge in [0, 0.05) is 96.4 Å². The molecule has 5 aromatic carbocycles. The summed E-state index contributed by atoms with van der Waals surface area (Å²) in [7, 11) is -9.21. The lowest BCUT2D eigenvalue weighted by molar-refractivity contribution is 0.00578. The van der Waals surface area contributed by atoms with E-state index < -0.39 is 52.8 Å². The molecule has 0 aliphatic carbocycles. The zero-order valence-corrected chi connectivity index (χ0v) is 61.4. The van der Waals surface area contributed by atoms with Crippen LogP contribution in [0, 0.1) is 11.6 Å². The van der Waals surface area contributed by atoms with Crippen molar-refractivity contribution in [3.05, 3.63) is 226 Å². The monoisotopic (exact) mass is 1540 g/mol. The molecule has 8 heterocycles. The number of anilines is 2. The van der Waals surface area contributed by atoms with Gasteiger partial charge in [0.05, 0.1) is 54.8 Å². The molecule has 5 N–H and O–H groups in total. The lowest BCUT2D eigenvalue weighted by Gasteiger charge is -2.32. The van der Waals surface area contributed by atoms with Gasteiger partial charge in [0.2, 0.25) is 0 Å². The Bertz CT molecular complexity index is 4960. The molecule has 0 amide bonds. The summed E-state index contributed by atoms with van der Waals surface area (Å²) in [6.45, 7) is 24.3. The van der Waals surface area contributed by atoms with E-state index >= 15 is 0 Å². The fourth-order valence-corrected chi connectivity index (χ4v) is 12.8. The summed E-state index contributed by atoms with van der Waals surface area (Å²) in [5.41, 5.74) is 2.38. The van der Waals surface area contributed by atoms with E-state index in [-0.39, 0.29) is 81.4 Å². The Hall–Kier alpha value is -7.12. The summed E-state index contributed by atoms with van der Waals surface area (Å²) in [6, 6.07) is 32.8. The molecule has 13 rings (SSSR count). The minimum absolute atomic E-state index is 0.00267. The molecule has 0 spiro atoms. The SMILES string of the molecule is CC1(C)OB(B2OC(C)(C)C(C)(C)O2)OC1(C)C.CC1(C)OB(c2ccc3[nH]ccc(=O)c3c2)OC1(C)C.O=S(=O)(Nc1cc(Br)cnc1Cl)c1ccc(F)cc1.O=c1cc[nH]c2ccc(-c3cnc(Cl)c(NS(=O)(=O)c4ccc(F)cc4)c3)cc12.O=c1cc[nH]c2ccc(Br)cc12. The Labute approximate surface area is 593 Å². The minimum Gasteiger partial charge on any atom is -0.405 e. The van der Waals surface area contributed by atoms with Crippen molar-refractivity contribution in [1.29, 1.82) is 0 Å². The van der Waals surface area contributed by atoms with E-state index in [0.717, 1.165) is 69.5 Å². The summed E-state index contributed by atoms with van der Waals surface area (Å²) in [4.78, 5) is 52.0. The predicted molar refractivity (Wildman–Crippen MR) is 389 cm³/mol. The lowest BCUT2D eigenvalue weighted by Crippen LogP contribution is -2.41. The van der Waals surface area contributed by atoms with Crippen LogP contribution in [0.2, 0.25) is 10.3 Å².